The van der Waals surface area contributed by atoms with Gasteiger partial charge in [-0.05, 0) is 70.3 Å². The molecule has 0 amide bonds. The SMILES string of the molecule is CN=C(NCC1CCN(Cc2ccc(OC)cc2)CC1)NC(C)(C)C. The van der Waals surface area contributed by atoms with Crippen molar-refractivity contribution < 1.29 is 4.74 Å². The minimum atomic E-state index is 0.0313. The van der Waals surface area contributed by atoms with Crippen LogP contribution in [0, 0.1) is 5.92 Å². The maximum absolute atomic E-state index is 5.22. The molecule has 0 aromatic heterocycles. The van der Waals surface area contributed by atoms with Crippen molar-refractivity contribution in [2.24, 2.45) is 10.9 Å². The van der Waals surface area contributed by atoms with Crippen LogP contribution in [0.1, 0.15) is 39.2 Å². The monoisotopic (exact) mass is 346 g/mol. The third-order valence-electron chi connectivity index (χ3n) is 4.55. The number of likely N-dealkylation sites (tertiary alicyclic amines) is 1. The molecule has 0 aliphatic carbocycles. The Bertz CT molecular complexity index is 540. The lowest BCUT2D eigenvalue weighted by Crippen LogP contribution is -2.49. The van der Waals surface area contributed by atoms with Crippen molar-refractivity contribution in [2.45, 2.75) is 45.7 Å². The average molecular weight is 347 g/mol. The number of piperidine rings is 1. The molecule has 140 valence electrons. The molecule has 1 aromatic carbocycles. The van der Waals surface area contributed by atoms with Crippen LogP contribution < -0.4 is 15.4 Å². The van der Waals surface area contributed by atoms with Gasteiger partial charge in [-0.2, -0.15) is 0 Å². The summed E-state index contributed by atoms with van der Waals surface area (Å²) in [6.07, 6.45) is 2.46. The largest absolute Gasteiger partial charge is 0.497 e. The zero-order valence-electron chi connectivity index (χ0n) is 16.4. The fourth-order valence-electron chi connectivity index (χ4n) is 3.11. The van der Waals surface area contributed by atoms with Gasteiger partial charge in [0.1, 0.15) is 5.75 Å². The molecule has 0 radical (unpaired) electrons. The van der Waals surface area contributed by atoms with Gasteiger partial charge < -0.3 is 15.4 Å². The molecule has 5 nitrogen and oxygen atoms in total. The van der Waals surface area contributed by atoms with Gasteiger partial charge in [0.25, 0.3) is 0 Å². The minimum Gasteiger partial charge on any atom is -0.497 e. The molecule has 0 spiro atoms. The molecule has 1 fully saturated rings. The van der Waals surface area contributed by atoms with E-state index >= 15 is 0 Å². The average Bonchev–Trinajstić information content (AvgIpc) is 2.59. The second-order valence-electron chi connectivity index (χ2n) is 7.90. The molecular weight excluding hydrogens is 312 g/mol. The molecule has 5 heteroatoms. The van der Waals surface area contributed by atoms with Gasteiger partial charge in [-0.25, -0.2) is 0 Å². The lowest BCUT2D eigenvalue weighted by molar-refractivity contribution is 0.178. The molecule has 1 aromatic rings. The molecule has 0 unspecified atom stereocenters. The Hall–Kier alpha value is -1.75. The van der Waals surface area contributed by atoms with E-state index in [1.807, 2.05) is 19.2 Å². The first-order valence-electron chi connectivity index (χ1n) is 9.24. The summed E-state index contributed by atoms with van der Waals surface area (Å²) in [5.41, 5.74) is 1.39. The molecule has 0 bridgehead atoms. The van der Waals surface area contributed by atoms with Crippen LogP contribution in [0.25, 0.3) is 0 Å². The molecule has 1 saturated heterocycles. The minimum absolute atomic E-state index is 0.0313. The van der Waals surface area contributed by atoms with Gasteiger partial charge in [0.2, 0.25) is 0 Å². The number of ether oxygens (including phenoxy) is 1. The highest BCUT2D eigenvalue weighted by molar-refractivity contribution is 5.80. The van der Waals surface area contributed by atoms with Gasteiger partial charge in [-0.1, -0.05) is 12.1 Å². The first-order valence-corrected chi connectivity index (χ1v) is 9.24. The van der Waals surface area contributed by atoms with E-state index in [0.29, 0.717) is 5.92 Å². The van der Waals surface area contributed by atoms with Crippen molar-refractivity contribution in [2.75, 3.05) is 33.8 Å². The summed E-state index contributed by atoms with van der Waals surface area (Å²) < 4.78 is 5.22. The zero-order valence-corrected chi connectivity index (χ0v) is 16.4. The molecule has 0 saturated carbocycles. The van der Waals surface area contributed by atoms with Crippen molar-refractivity contribution in [1.82, 2.24) is 15.5 Å². The van der Waals surface area contributed by atoms with Crippen molar-refractivity contribution in [1.29, 1.82) is 0 Å². The summed E-state index contributed by atoms with van der Waals surface area (Å²) >= 11 is 0. The van der Waals surface area contributed by atoms with E-state index in [-0.39, 0.29) is 5.54 Å². The van der Waals surface area contributed by atoms with Crippen LogP contribution in [-0.2, 0) is 6.54 Å². The van der Waals surface area contributed by atoms with E-state index in [4.69, 9.17) is 4.74 Å². The summed E-state index contributed by atoms with van der Waals surface area (Å²) in [5.74, 6) is 2.53. The first kappa shape index (κ1) is 19.6. The van der Waals surface area contributed by atoms with Crippen molar-refractivity contribution in [3.63, 3.8) is 0 Å². The maximum atomic E-state index is 5.22. The molecule has 1 heterocycles. The summed E-state index contributed by atoms with van der Waals surface area (Å²) in [5, 5.41) is 6.89. The van der Waals surface area contributed by atoms with E-state index in [0.717, 1.165) is 37.9 Å². The topological polar surface area (TPSA) is 48.9 Å². The van der Waals surface area contributed by atoms with E-state index in [9.17, 15) is 0 Å². The van der Waals surface area contributed by atoms with Gasteiger partial charge in [0.15, 0.2) is 5.96 Å². The Balaban J connectivity index is 1.72. The molecule has 2 rings (SSSR count). The predicted molar refractivity (Wildman–Crippen MR) is 105 cm³/mol. The third-order valence-corrected chi connectivity index (χ3v) is 4.55. The van der Waals surface area contributed by atoms with Crippen molar-refractivity contribution in [3.8, 4) is 5.75 Å². The lowest BCUT2D eigenvalue weighted by Gasteiger charge is -2.33. The quantitative estimate of drug-likeness (QED) is 0.636. The Morgan fingerprint density at radius 1 is 1.20 bits per heavy atom. The van der Waals surface area contributed by atoms with Crippen LogP contribution >= 0.6 is 0 Å². The number of aliphatic imine (C=N–C) groups is 1. The Morgan fingerprint density at radius 2 is 1.84 bits per heavy atom. The van der Waals surface area contributed by atoms with Crippen LogP contribution in [0.5, 0.6) is 5.75 Å². The van der Waals surface area contributed by atoms with Gasteiger partial charge >= 0.3 is 0 Å². The predicted octanol–water partition coefficient (Wildman–Crippen LogP) is 2.87. The van der Waals surface area contributed by atoms with Crippen molar-refractivity contribution >= 4 is 5.96 Å². The molecule has 1 aliphatic rings. The number of methoxy groups -OCH3 is 1. The number of benzene rings is 1. The van der Waals surface area contributed by atoms with Gasteiger partial charge in [-0.15, -0.1) is 0 Å². The summed E-state index contributed by atoms with van der Waals surface area (Å²) in [7, 11) is 3.54. The lowest BCUT2D eigenvalue weighted by atomic mass is 9.96. The van der Waals surface area contributed by atoms with Crippen molar-refractivity contribution in [3.05, 3.63) is 29.8 Å². The summed E-state index contributed by atoms with van der Waals surface area (Å²) in [6.45, 7) is 10.8. The smallest absolute Gasteiger partial charge is 0.191 e. The van der Waals surface area contributed by atoms with E-state index in [1.165, 1.54) is 18.4 Å². The first-order chi connectivity index (χ1) is 11.9. The molecular formula is C20H34N4O. The van der Waals surface area contributed by atoms with Gasteiger partial charge in [0.05, 0.1) is 7.11 Å². The number of nitrogens with one attached hydrogen (secondary N) is 2. The number of hydrogen-bond acceptors (Lipinski definition) is 3. The van der Waals surface area contributed by atoms with E-state index in [2.05, 4.69) is 53.4 Å². The van der Waals surface area contributed by atoms with Crippen LogP contribution in [0.3, 0.4) is 0 Å². The Kier molecular flexibility index (Phi) is 7.12. The highest BCUT2D eigenvalue weighted by Gasteiger charge is 2.20. The number of rotatable bonds is 5. The summed E-state index contributed by atoms with van der Waals surface area (Å²) in [4.78, 5) is 6.86. The summed E-state index contributed by atoms with van der Waals surface area (Å²) in [6, 6.07) is 8.41. The third kappa shape index (κ3) is 6.94. The number of hydrogen-bond donors (Lipinski definition) is 2. The van der Waals surface area contributed by atoms with Gasteiger partial charge in [-0.3, -0.25) is 9.89 Å². The highest BCUT2D eigenvalue weighted by Crippen LogP contribution is 2.19. The second kappa shape index (κ2) is 9.09. The number of nitrogens with zero attached hydrogens (tertiary/aromatic N) is 2. The fourth-order valence-corrected chi connectivity index (χ4v) is 3.11. The van der Waals surface area contributed by atoms with E-state index < -0.39 is 0 Å². The second-order valence-corrected chi connectivity index (χ2v) is 7.90. The molecule has 2 N–H and O–H groups in total. The van der Waals surface area contributed by atoms with Crippen LogP contribution in [0.4, 0.5) is 0 Å². The molecule has 0 atom stereocenters. The Labute approximate surface area is 152 Å². The number of guanidine groups is 1. The normalized spacial score (nSPS) is 17.4. The molecule has 1 aliphatic heterocycles. The fraction of sp³-hybridized carbons (Fsp3) is 0.650. The van der Waals surface area contributed by atoms with Gasteiger partial charge in [0, 0.05) is 25.7 Å². The molecule has 25 heavy (non-hydrogen) atoms. The van der Waals surface area contributed by atoms with E-state index in [1.54, 1.807) is 7.11 Å². The van der Waals surface area contributed by atoms with Crippen LogP contribution in [0.2, 0.25) is 0 Å². The zero-order chi connectivity index (χ0) is 18.3. The maximum Gasteiger partial charge on any atom is 0.191 e. The van der Waals surface area contributed by atoms with Crippen LogP contribution in [0.15, 0.2) is 29.3 Å². The van der Waals surface area contributed by atoms with Crippen LogP contribution in [-0.4, -0.2) is 50.2 Å². The highest BCUT2D eigenvalue weighted by atomic mass is 16.5. The standard InChI is InChI=1S/C20H34N4O/c1-20(2,3)23-19(21-4)22-14-16-10-12-24(13-11-16)15-17-6-8-18(25-5)9-7-17/h6-9,16H,10-15H2,1-5H3,(H2,21,22,23). The Morgan fingerprint density at radius 3 is 2.36 bits per heavy atom.